The van der Waals surface area contributed by atoms with Gasteiger partial charge in [-0.2, -0.15) is 0 Å². The van der Waals surface area contributed by atoms with Crippen molar-refractivity contribution < 1.29 is 4.79 Å². The van der Waals surface area contributed by atoms with Crippen LogP contribution in [0.2, 0.25) is 0 Å². The van der Waals surface area contributed by atoms with Crippen LogP contribution in [0.5, 0.6) is 0 Å². The predicted molar refractivity (Wildman–Crippen MR) is 69.5 cm³/mol. The van der Waals surface area contributed by atoms with E-state index >= 15 is 0 Å². The van der Waals surface area contributed by atoms with Crippen molar-refractivity contribution in [2.45, 2.75) is 18.9 Å². The lowest BCUT2D eigenvalue weighted by atomic mass is 10.2. The van der Waals surface area contributed by atoms with Gasteiger partial charge in [-0.15, -0.1) is 0 Å². The summed E-state index contributed by atoms with van der Waals surface area (Å²) in [6, 6.07) is 10.5. The fraction of sp³-hybridized carbons (Fsp3) is 0.357. The summed E-state index contributed by atoms with van der Waals surface area (Å²) < 4.78 is 0. The number of hydrogen-bond donors (Lipinski definition) is 2. The molecule has 0 spiro atoms. The molecule has 1 unspecified atom stereocenters. The molecule has 1 amide bonds. The molecule has 0 bridgehead atoms. The van der Waals surface area contributed by atoms with Crippen LogP contribution in [-0.2, 0) is 4.79 Å². The van der Waals surface area contributed by atoms with Crippen molar-refractivity contribution in [2.24, 2.45) is 0 Å². The predicted octanol–water partition coefficient (Wildman–Crippen LogP) is 1.57. The van der Waals surface area contributed by atoms with Crippen LogP contribution in [0.1, 0.15) is 18.4 Å². The lowest BCUT2D eigenvalue weighted by molar-refractivity contribution is -0.119. The van der Waals surface area contributed by atoms with Crippen molar-refractivity contribution in [3.8, 4) is 0 Å². The van der Waals surface area contributed by atoms with Gasteiger partial charge in [0.1, 0.15) is 0 Å². The largest absolute Gasteiger partial charge is 0.352 e. The summed E-state index contributed by atoms with van der Waals surface area (Å²) in [6.45, 7) is 1.69. The van der Waals surface area contributed by atoms with Crippen molar-refractivity contribution in [3.05, 3.63) is 42.0 Å². The molecular weight excluding hydrogens is 212 g/mol. The van der Waals surface area contributed by atoms with Crippen molar-refractivity contribution >= 4 is 12.0 Å². The quantitative estimate of drug-likeness (QED) is 0.754. The fourth-order valence-corrected chi connectivity index (χ4v) is 1.93. The molecule has 3 heteroatoms. The molecule has 1 atom stereocenters. The van der Waals surface area contributed by atoms with Gasteiger partial charge in [0.15, 0.2) is 0 Å². The smallest absolute Gasteiger partial charge is 0.220 e. The number of nitrogens with one attached hydrogen (secondary N) is 2. The van der Waals surface area contributed by atoms with Crippen LogP contribution in [0.4, 0.5) is 0 Å². The van der Waals surface area contributed by atoms with Crippen LogP contribution in [0.25, 0.3) is 6.08 Å². The molecule has 17 heavy (non-hydrogen) atoms. The molecule has 0 aliphatic carbocycles. The molecule has 0 radical (unpaired) electrons. The monoisotopic (exact) mass is 230 g/mol. The van der Waals surface area contributed by atoms with Crippen molar-refractivity contribution in [3.63, 3.8) is 0 Å². The Bertz CT molecular complexity index is 386. The first-order valence-corrected chi connectivity index (χ1v) is 6.06. The van der Waals surface area contributed by atoms with Gasteiger partial charge in [-0.1, -0.05) is 42.5 Å². The highest BCUT2D eigenvalue weighted by Crippen LogP contribution is 2.04. The first kappa shape index (κ1) is 11.9. The van der Waals surface area contributed by atoms with Crippen LogP contribution in [0.15, 0.2) is 36.4 Å². The molecule has 3 nitrogen and oxygen atoms in total. The Balaban J connectivity index is 1.63. The third-order valence-electron chi connectivity index (χ3n) is 2.85. The number of carbonyl (C=O) groups is 1. The molecule has 1 saturated heterocycles. The summed E-state index contributed by atoms with van der Waals surface area (Å²) in [4.78, 5) is 11.0. The minimum atomic E-state index is 0.177. The first-order valence-electron chi connectivity index (χ1n) is 6.06. The van der Waals surface area contributed by atoms with Gasteiger partial charge in [-0.3, -0.25) is 4.79 Å². The summed E-state index contributed by atoms with van der Waals surface area (Å²) in [7, 11) is 0. The molecule has 0 saturated carbocycles. The number of hydrogen-bond acceptors (Lipinski definition) is 2. The lowest BCUT2D eigenvalue weighted by Gasteiger charge is -2.09. The van der Waals surface area contributed by atoms with Crippen LogP contribution in [-0.4, -0.2) is 25.0 Å². The molecule has 2 N–H and O–H groups in total. The summed E-state index contributed by atoms with van der Waals surface area (Å²) in [5.41, 5.74) is 1.21. The average molecular weight is 230 g/mol. The Labute approximate surface area is 102 Å². The van der Waals surface area contributed by atoms with Crippen molar-refractivity contribution in [1.82, 2.24) is 10.6 Å². The highest BCUT2D eigenvalue weighted by Gasteiger charge is 2.19. The summed E-state index contributed by atoms with van der Waals surface area (Å²) in [5, 5.41) is 6.25. The second-order valence-electron chi connectivity index (χ2n) is 4.27. The maximum absolute atomic E-state index is 11.0. The van der Waals surface area contributed by atoms with Crippen LogP contribution >= 0.6 is 0 Å². The molecular formula is C14H18N2O. The Hall–Kier alpha value is -1.61. The van der Waals surface area contributed by atoms with E-state index in [0.717, 1.165) is 19.5 Å². The topological polar surface area (TPSA) is 41.1 Å². The van der Waals surface area contributed by atoms with Gasteiger partial charge in [-0.05, 0) is 12.0 Å². The van der Waals surface area contributed by atoms with E-state index in [2.05, 4.69) is 34.9 Å². The molecule has 90 valence electrons. The van der Waals surface area contributed by atoms with E-state index < -0.39 is 0 Å². The maximum atomic E-state index is 11.0. The van der Waals surface area contributed by atoms with Gasteiger partial charge in [0.25, 0.3) is 0 Å². The Morgan fingerprint density at radius 2 is 2.18 bits per heavy atom. The van der Waals surface area contributed by atoms with Crippen LogP contribution in [0.3, 0.4) is 0 Å². The zero-order valence-electron chi connectivity index (χ0n) is 9.86. The van der Waals surface area contributed by atoms with E-state index in [1.165, 1.54) is 5.56 Å². The van der Waals surface area contributed by atoms with Gasteiger partial charge < -0.3 is 10.6 Å². The second kappa shape index (κ2) is 6.21. The molecule has 1 heterocycles. The van der Waals surface area contributed by atoms with E-state index in [4.69, 9.17) is 0 Å². The molecule has 1 aliphatic rings. The third-order valence-corrected chi connectivity index (χ3v) is 2.85. The SMILES string of the molecule is O=C1CCC(CNCC=Cc2ccccc2)N1. The third kappa shape index (κ3) is 4.04. The zero-order valence-corrected chi connectivity index (χ0v) is 9.86. The number of benzene rings is 1. The Morgan fingerprint density at radius 3 is 2.88 bits per heavy atom. The van der Waals surface area contributed by atoms with E-state index in [1.54, 1.807) is 0 Å². The first-order chi connectivity index (χ1) is 8.34. The highest BCUT2D eigenvalue weighted by atomic mass is 16.1. The maximum Gasteiger partial charge on any atom is 0.220 e. The standard InChI is InChI=1S/C14H18N2O/c17-14-9-8-13(16-14)11-15-10-4-7-12-5-2-1-3-6-12/h1-7,13,15H,8-11H2,(H,16,17). The lowest BCUT2D eigenvalue weighted by Crippen LogP contribution is -2.35. The van der Waals surface area contributed by atoms with Crippen molar-refractivity contribution in [2.75, 3.05) is 13.1 Å². The normalized spacial score (nSPS) is 19.8. The molecule has 1 aliphatic heterocycles. The molecule has 1 aromatic carbocycles. The van der Waals surface area contributed by atoms with Crippen LogP contribution < -0.4 is 10.6 Å². The minimum absolute atomic E-state index is 0.177. The Morgan fingerprint density at radius 1 is 1.35 bits per heavy atom. The van der Waals surface area contributed by atoms with E-state index in [1.807, 2.05) is 18.2 Å². The van der Waals surface area contributed by atoms with E-state index in [9.17, 15) is 4.79 Å². The summed E-state index contributed by atoms with van der Waals surface area (Å²) in [6.07, 6.45) is 5.83. The summed E-state index contributed by atoms with van der Waals surface area (Å²) >= 11 is 0. The van der Waals surface area contributed by atoms with Crippen LogP contribution in [0, 0.1) is 0 Å². The molecule has 1 fully saturated rings. The minimum Gasteiger partial charge on any atom is -0.352 e. The number of amides is 1. The number of rotatable bonds is 5. The summed E-state index contributed by atoms with van der Waals surface area (Å²) in [5.74, 6) is 0.177. The van der Waals surface area contributed by atoms with E-state index in [-0.39, 0.29) is 5.91 Å². The van der Waals surface area contributed by atoms with Gasteiger partial charge >= 0.3 is 0 Å². The second-order valence-corrected chi connectivity index (χ2v) is 4.27. The zero-order chi connectivity index (χ0) is 11.9. The average Bonchev–Trinajstić information content (AvgIpc) is 2.76. The molecule has 0 aromatic heterocycles. The number of carbonyl (C=O) groups excluding carboxylic acids is 1. The van der Waals surface area contributed by atoms with Gasteiger partial charge in [0, 0.05) is 25.6 Å². The van der Waals surface area contributed by atoms with E-state index in [0.29, 0.717) is 12.5 Å². The van der Waals surface area contributed by atoms with Gasteiger partial charge in [-0.25, -0.2) is 0 Å². The van der Waals surface area contributed by atoms with Gasteiger partial charge in [0.05, 0.1) is 0 Å². The fourth-order valence-electron chi connectivity index (χ4n) is 1.93. The van der Waals surface area contributed by atoms with Gasteiger partial charge in [0.2, 0.25) is 5.91 Å². The Kier molecular flexibility index (Phi) is 4.33. The molecule has 2 rings (SSSR count). The highest BCUT2D eigenvalue weighted by molar-refractivity contribution is 5.78. The van der Waals surface area contributed by atoms with Crippen molar-refractivity contribution in [1.29, 1.82) is 0 Å². The molecule has 1 aromatic rings.